The fourth-order valence-electron chi connectivity index (χ4n) is 1.85. The lowest BCUT2D eigenvalue weighted by Crippen LogP contribution is -2.01. The molecule has 0 amide bonds. The van der Waals surface area contributed by atoms with Crippen LogP contribution < -0.4 is 15.2 Å². The molecule has 2 aromatic rings. The van der Waals surface area contributed by atoms with E-state index in [2.05, 4.69) is 5.10 Å². The molecule has 0 unspecified atom stereocenters. The lowest BCUT2D eigenvalue weighted by atomic mass is 10.1. The number of benzene rings is 1. The summed E-state index contributed by atoms with van der Waals surface area (Å²) in [6.07, 6.45) is 2.44. The molecule has 0 aliphatic heterocycles. The first-order chi connectivity index (χ1) is 8.65. The Labute approximate surface area is 106 Å². The molecular weight excluding hydrogens is 230 g/mol. The third-order valence-electron chi connectivity index (χ3n) is 2.93. The number of methoxy groups -OCH3 is 2. The maximum absolute atomic E-state index is 5.94. The molecule has 2 N–H and O–H groups in total. The van der Waals surface area contributed by atoms with Crippen LogP contribution in [0.25, 0.3) is 0 Å². The van der Waals surface area contributed by atoms with Gasteiger partial charge >= 0.3 is 0 Å². The SMILES string of the molecule is COc1ccc(OC)c(Cc2cnn(C)c2N)c1. The molecule has 0 fully saturated rings. The zero-order valence-corrected chi connectivity index (χ0v) is 10.8. The van der Waals surface area contributed by atoms with Gasteiger partial charge in [-0.15, -0.1) is 0 Å². The molecule has 18 heavy (non-hydrogen) atoms. The van der Waals surface area contributed by atoms with Gasteiger partial charge in [0, 0.05) is 24.6 Å². The molecule has 0 aliphatic rings. The Kier molecular flexibility index (Phi) is 3.41. The highest BCUT2D eigenvalue weighted by atomic mass is 16.5. The topological polar surface area (TPSA) is 62.3 Å². The van der Waals surface area contributed by atoms with Crippen molar-refractivity contribution in [3.63, 3.8) is 0 Å². The summed E-state index contributed by atoms with van der Waals surface area (Å²) < 4.78 is 12.2. The predicted octanol–water partition coefficient (Wildman–Crippen LogP) is 1.61. The number of rotatable bonds is 4. The van der Waals surface area contributed by atoms with Gasteiger partial charge in [0.25, 0.3) is 0 Å². The Morgan fingerprint density at radius 3 is 2.56 bits per heavy atom. The monoisotopic (exact) mass is 247 g/mol. The van der Waals surface area contributed by atoms with Gasteiger partial charge < -0.3 is 15.2 Å². The van der Waals surface area contributed by atoms with Crippen molar-refractivity contribution in [2.24, 2.45) is 7.05 Å². The van der Waals surface area contributed by atoms with E-state index in [0.29, 0.717) is 12.2 Å². The van der Waals surface area contributed by atoms with Gasteiger partial charge in [0.1, 0.15) is 17.3 Å². The highest BCUT2D eigenvalue weighted by Gasteiger charge is 2.10. The van der Waals surface area contributed by atoms with Gasteiger partial charge in [-0.25, -0.2) is 0 Å². The normalized spacial score (nSPS) is 10.4. The minimum atomic E-state index is 0.667. The molecular formula is C13H17N3O2. The summed E-state index contributed by atoms with van der Waals surface area (Å²) in [5, 5.41) is 4.13. The Morgan fingerprint density at radius 2 is 2.00 bits per heavy atom. The van der Waals surface area contributed by atoms with Gasteiger partial charge in [-0.1, -0.05) is 0 Å². The first-order valence-electron chi connectivity index (χ1n) is 5.63. The van der Waals surface area contributed by atoms with Crippen LogP contribution in [0.4, 0.5) is 5.82 Å². The van der Waals surface area contributed by atoms with E-state index in [4.69, 9.17) is 15.2 Å². The molecule has 1 aromatic heterocycles. The summed E-state index contributed by atoms with van der Waals surface area (Å²) in [6, 6.07) is 5.71. The van der Waals surface area contributed by atoms with Crippen LogP contribution in [0.15, 0.2) is 24.4 Å². The fourth-order valence-corrected chi connectivity index (χ4v) is 1.85. The van der Waals surface area contributed by atoms with Crippen LogP contribution in [0, 0.1) is 0 Å². The van der Waals surface area contributed by atoms with Crippen LogP contribution in [0.5, 0.6) is 11.5 Å². The molecule has 0 radical (unpaired) electrons. The number of ether oxygens (including phenoxy) is 2. The van der Waals surface area contributed by atoms with E-state index in [9.17, 15) is 0 Å². The van der Waals surface area contributed by atoms with E-state index in [-0.39, 0.29) is 0 Å². The number of aryl methyl sites for hydroxylation is 1. The minimum absolute atomic E-state index is 0.667. The largest absolute Gasteiger partial charge is 0.497 e. The van der Waals surface area contributed by atoms with Crippen molar-refractivity contribution in [2.45, 2.75) is 6.42 Å². The van der Waals surface area contributed by atoms with Gasteiger partial charge in [-0.05, 0) is 18.2 Å². The average Bonchev–Trinajstić information content (AvgIpc) is 2.70. The summed E-state index contributed by atoms with van der Waals surface area (Å²) in [4.78, 5) is 0. The van der Waals surface area contributed by atoms with Crippen LogP contribution in [0.2, 0.25) is 0 Å². The van der Waals surface area contributed by atoms with Crippen LogP contribution in [0.3, 0.4) is 0 Å². The second kappa shape index (κ2) is 5.00. The first-order valence-corrected chi connectivity index (χ1v) is 5.63. The van der Waals surface area contributed by atoms with E-state index < -0.39 is 0 Å². The number of nitrogens with zero attached hydrogens (tertiary/aromatic N) is 2. The number of anilines is 1. The van der Waals surface area contributed by atoms with Crippen molar-refractivity contribution in [1.82, 2.24) is 9.78 Å². The van der Waals surface area contributed by atoms with Crippen LogP contribution in [0.1, 0.15) is 11.1 Å². The molecule has 1 aromatic carbocycles. The maximum atomic E-state index is 5.94. The Hall–Kier alpha value is -2.17. The zero-order valence-electron chi connectivity index (χ0n) is 10.8. The van der Waals surface area contributed by atoms with Crippen molar-refractivity contribution in [1.29, 1.82) is 0 Å². The Balaban J connectivity index is 2.35. The third kappa shape index (κ3) is 2.25. The Morgan fingerprint density at radius 1 is 1.22 bits per heavy atom. The lowest BCUT2D eigenvalue weighted by molar-refractivity contribution is 0.399. The zero-order chi connectivity index (χ0) is 13.1. The second-order valence-electron chi connectivity index (χ2n) is 4.03. The molecule has 0 aliphatic carbocycles. The van der Waals surface area contributed by atoms with Crippen LogP contribution in [-0.2, 0) is 13.5 Å². The van der Waals surface area contributed by atoms with Crippen molar-refractivity contribution < 1.29 is 9.47 Å². The minimum Gasteiger partial charge on any atom is -0.497 e. The summed E-state index contributed by atoms with van der Waals surface area (Å²) in [5.74, 6) is 2.28. The molecule has 5 nitrogen and oxygen atoms in total. The van der Waals surface area contributed by atoms with E-state index in [0.717, 1.165) is 22.6 Å². The quantitative estimate of drug-likeness (QED) is 0.891. The number of aromatic nitrogens is 2. The van der Waals surface area contributed by atoms with Crippen molar-refractivity contribution in [3.8, 4) is 11.5 Å². The number of nitrogens with two attached hydrogens (primary N) is 1. The fraction of sp³-hybridized carbons (Fsp3) is 0.308. The van der Waals surface area contributed by atoms with E-state index >= 15 is 0 Å². The first kappa shape index (κ1) is 12.3. The lowest BCUT2D eigenvalue weighted by Gasteiger charge is -2.10. The average molecular weight is 247 g/mol. The molecule has 0 bridgehead atoms. The van der Waals surface area contributed by atoms with Crippen molar-refractivity contribution in [3.05, 3.63) is 35.5 Å². The van der Waals surface area contributed by atoms with Crippen molar-refractivity contribution in [2.75, 3.05) is 20.0 Å². The highest BCUT2D eigenvalue weighted by molar-refractivity contribution is 5.47. The molecule has 0 saturated carbocycles. The van der Waals surface area contributed by atoms with Gasteiger partial charge in [0.05, 0.1) is 20.4 Å². The number of nitrogen functional groups attached to an aromatic ring is 1. The summed E-state index contributed by atoms with van der Waals surface area (Å²) in [7, 11) is 5.11. The molecule has 1 heterocycles. The van der Waals surface area contributed by atoms with E-state index in [1.807, 2.05) is 25.2 Å². The predicted molar refractivity (Wildman–Crippen MR) is 70.0 cm³/mol. The van der Waals surface area contributed by atoms with E-state index in [1.165, 1.54) is 0 Å². The van der Waals surface area contributed by atoms with Gasteiger partial charge in [-0.2, -0.15) is 5.10 Å². The molecule has 96 valence electrons. The summed E-state index contributed by atoms with van der Waals surface area (Å²) in [5.41, 5.74) is 7.94. The molecule has 0 saturated heterocycles. The van der Waals surface area contributed by atoms with Gasteiger partial charge in [0.2, 0.25) is 0 Å². The third-order valence-corrected chi connectivity index (χ3v) is 2.93. The van der Waals surface area contributed by atoms with Gasteiger partial charge in [0.15, 0.2) is 0 Å². The van der Waals surface area contributed by atoms with Gasteiger partial charge in [-0.3, -0.25) is 4.68 Å². The van der Waals surface area contributed by atoms with E-state index in [1.54, 1.807) is 25.1 Å². The number of hydrogen-bond acceptors (Lipinski definition) is 4. The summed E-state index contributed by atoms with van der Waals surface area (Å²) >= 11 is 0. The standard InChI is InChI=1S/C13H17N3O2/c1-16-13(14)10(8-15-16)6-9-7-11(17-2)4-5-12(9)18-3/h4-5,7-8H,6,14H2,1-3H3. The molecule has 0 atom stereocenters. The molecule has 0 spiro atoms. The smallest absolute Gasteiger partial charge is 0.124 e. The molecule has 2 rings (SSSR count). The van der Waals surface area contributed by atoms with Crippen LogP contribution in [-0.4, -0.2) is 24.0 Å². The highest BCUT2D eigenvalue weighted by Crippen LogP contribution is 2.27. The summed E-state index contributed by atoms with van der Waals surface area (Å²) in [6.45, 7) is 0. The Bertz CT molecular complexity index is 549. The van der Waals surface area contributed by atoms with Crippen LogP contribution >= 0.6 is 0 Å². The second-order valence-corrected chi connectivity index (χ2v) is 4.03. The molecule has 5 heteroatoms. The van der Waals surface area contributed by atoms with Crippen molar-refractivity contribution >= 4 is 5.82 Å². The maximum Gasteiger partial charge on any atom is 0.124 e. The number of hydrogen-bond donors (Lipinski definition) is 1.